The molecule has 2 rings (SSSR count). The van der Waals surface area contributed by atoms with Crippen LogP contribution in [0.2, 0.25) is 0 Å². The molecule has 0 bridgehead atoms. The number of nitro benzene ring substituents is 1. The van der Waals surface area contributed by atoms with Gasteiger partial charge in [0.1, 0.15) is 6.04 Å². The van der Waals surface area contributed by atoms with Crippen LogP contribution in [0.4, 0.5) is 17.1 Å². The second kappa shape index (κ2) is 7.52. The van der Waals surface area contributed by atoms with E-state index in [0.717, 1.165) is 16.1 Å². The van der Waals surface area contributed by atoms with Crippen molar-refractivity contribution in [1.82, 2.24) is 0 Å². The highest BCUT2D eigenvalue weighted by atomic mass is 32.2. The van der Waals surface area contributed by atoms with Crippen molar-refractivity contribution in [2.24, 2.45) is 0 Å². The Kier molecular flexibility index (Phi) is 5.61. The number of nitrogens with one attached hydrogen (secondary N) is 1. The highest BCUT2D eigenvalue weighted by Gasteiger charge is 2.29. The summed E-state index contributed by atoms with van der Waals surface area (Å²) in [5.74, 6) is -0.600. The first-order valence-corrected chi connectivity index (χ1v) is 9.56. The third-order valence-corrected chi connectivity index (χ3v) is 4.91. The highest BCUT2D eigenvalue weighted by molar-refractivity contribution is 7.92. The second-order valence-corrected chi connectivity index (χ2v) is 7.73. The first kappa shape index (κ1) is 19.4. The molecule has 8 nitrogen and oxygen atoms in total. The molecule has 0 aliphatic rings. The van der Waals surface area contributed by atoms with Gasteiger partial charge in [-0.05, 0) is 37.6 Å². The number of hydrogen-bond donors (Lipinski definition) is 1. The van der Waals surface area contributed by atoms with Gasteiger partial charge in [-0.2, -0.15) is 0 Å². The maximum absolute atomic E-state index is 12.6. The van der Waals surface area contributed by atoms with Gasteiger partial charge >= 0.3 is 0 Å². The molecule has 9 heteroatoms. The minimum Gasteiger partial charge on any atom is -0.324 e. The van der Waals surface area contributed by atoms with Gasteiger partial charge in [0.15, 0.2) is 0 Å². The lowest BCUT2D eigenvalue weighted by Gasteiger charge is -2.28. The van der Waals surface area contributed by atoms with E-state index in [1.807, 2.05) is 13.0 Å². The summed E-state index contributed by atoms with van der Waals surface area (Å²) in [5, 5.41) is 13.4. The van der Waals surface area contributed by atoms with Crippen LogP contribution in [0.15, 0.2) is 48.5 Å². The van der Waals surface area contributed by atoms with Crippen LogP contribution in [0.25, 0.3) is 0 Å². The second-order valence-electron chi connectivity index (χ2n) is 5.87. The van der Waals surface area contributed by atoms with Crippen LogP contribution in [0.5, 0.6) is 0 Å². The van der Waals surface area contributed by atoms with Gasteiger partial charge in [0.05, 0.1) is 16.9 Å². The summed E-state index contributed by atoms with van der Waals surface area (Å²) in [6, 6.07) is 11.2. The maximum atomic E-state index is 12.6. The monoisotopic (exact) mass is 377 g/mol. The number of sulfonamides is 1. The molecular formula is C17H19N3O5S. The van der Waals surface area contributed by atoms with Crippen molar-refractivity contribution in [2.45, 2.75) is 19.9 Å². The molecule has 0 aliphatic carbocycles. The van der Waals surface area contributed by atoms with Crippen molar-refractivity contribution >= 4 is 33.0 Å². The number of carbonyl (C=O) groups excluding carboxylic acids is 1. The minimum absolute atomic E-state index is 0.172. The zero-order valence-electron chi connectivity index (χ0n) is 14.5. The van der Waals surface area contributed by atoms with Crippen molar-refractivity contribution in [3.05, 3.63) is 64.2 Å². The van der Waals surface area contributed by atoms with E-state index in [9.17, 15) is 23.3 Å². The maximum Gasteiger partial charge on any atom is 0.271 e. The fraction of sp³-hybridized carbons (Fsp3) is 0.235. The highest BCUT2D eigenvalue weighted by Crippen LogP contribution is 2.23. The first-order chi connectivity index (χ1) is 12.1. The number of benzene rings is 2. The zero-order valence-corrected chi connectivity index (χ0v) is 15.4. The summed E-state index contributed by atoms with van der Waals surface area (Å²) in [5.41, 5.74) is 1.26. The van der Waals surface area contributed by atoms with Gasteiger partial charge in [0, 0.05) is 17.8 Å². The lowest BCUT2D eigenvalue weighted by molar-refractivity contribution is -0.384. The number of aryl methyl sites for hydroxylation is 1. The standard InChI is InChI=1S/C17H19N3O5S/c1-12-6-4-8-15(10-12)19(26(3,24)25)13(2)17(21)18-14-7-5-9-16(11-14)20(22)23/h4-11,13H,1-3H3,(H,18,21)/t13-/m0/s1. The van der Waals surface area contributed by atoms with Gasteiger partial charge < -0.3 is 5.32 Å². The van der Waals surface area contributed by atoms with Crippen molar-refractivity contribution in [1.29, 1.82) is 0 Å². The van der Waals surface area contributed by atoms with Gasteiger partial charge in [-0.1, -0.05) is 18.2 Å². The van der Waals surface area contributed by atoms with Gasteiger partial charge in [-0.3, -0.25) is 19.2 Å². The number of anilines is 2. The quantitative estimate of drug-likeness (QED) is 0.615. The van der Waals surface area contributed by atoms with Gasteiger partial charge in [0.2, 0.25) is 15.9 Å². The largest absolute Gasteiger partial charge is 0.324 e. The van der Waals surface area contributed by atoms with Crippen molar-refractivity contribution in [3.63, 3.8) is 0 Å². The zero-order chi connectivity index (χ0) is 19.5. The Hall–Kier alpha value is -2.94. The Balaban J connectivity index is 2.31. The minimum atomic E-state index is -3.73. The lowest BCUT2D eigenvalue weighted by atomic mass is 10.2. The Bertz CT molecular complexity index is 943. The molecule has 26 heavy (non-hydrogen) atoms. The normalized spacial score (nSPS) is 12.3. The molecule has 1 N–H and O–H groups in total. The molecule has 1 atom stereocenters. The molecule has 0 aromatic heterocycles. The van der Waals surface area contributed by atoms with Gasteiger partial charge in [-0.25, -0.2) is 8.42 Å². The Labute approximate surface area is 151 Å². The predicted molar refractivity (Wildman–Crippen MR) is 99.7 cm³/mol. The van der Waals surface area contributed by atoms with Crippen LogP contribution >= 0.6 is 0 Å². The van der Waals surface area contributed by atoms with Crippen LogP contribution in [0, 0.1) is 17.0 Å². The van der Waals surface area contributed by atoms with Crippen LogP contribution in [-0.2, 0) is 14.8 Å². The van der Waals surface area contributed by atoms with Crippen molar-refractivity contribution < 1.29 is 18.1 Å². The van der Waals surface area contributed by atoms with Gasteiger partial charge in [-0.15, -0.1) is 0 Å². The topological polar surface area (TPSA) is 110 Å². The van der Waals surface area contributed by atoms with E-state index in [2.05, 4.69) is 5.32 Å². The number of rotatable bonds is 6. The van der Waals surface area contributed by atoms with E-state index in [1.54, 1.807) is 18.2 Å². The average Bonchev–Trinajstić information content (AvgIpc) is 2.53. The van der Waals surface area contributed by atoms with Crippen LogP contribution in [0.1, 0.15) is 12.5 Å². The molecule has 0 spiro atoms. The summed E-state index contributed by atoms with van der Waals surface area (Å²) < 4.78 is 25.5. The molecule has 138 valence electrons. The molecule has 2 aromatic rings. The number of carbonyl (C=O) groups is 1. The van der Waals surface area contributed by atoms with Crippen molar-refractivity contribution in [3.8, 4) is 0 Å². The fourth-order valence-electron chi connectivity index (χ4n) is 2.52. The Morgan fingerprint density at radius 3 is 2.42 bits per heavy atom. The van der Waals surface area contributed by atoms with E-state index in [4.69, 9.17) is 0 Å². The smallest absolute Gasteiger partial charge is 0.271 e. The molecule has 1 amide bonds. The summed E-state index contributed by atoms with van der Waals surface area (Å²) in [6.45, 7) is 3.27. The Morgan fingerprint density at radius 2 is 1.85 bits per heavy atom. The lowest BCUT2D eigenvalue weighted by Crippen LogP contribution is -2.45. The summed E-state index contributed by atoms with van der Waals surface area (Å²) in [7, 11) is -3.73. The Morgan fingerprint density at radius 1 is 1.19 bits per heavy atom. The average molecular weight is 377 g/mol. The van der Waals surface area contributed by atoms with Crippen LogP contribution in [0.3, 0.4) is 0 Å². The van der Waals surface area contributed by atoms with E-state index in [-0.39, 0.29) is 11.4 Å². The van der Waals surface area contributed by atoms with E-state index in [0.29, 0.717) is 5.69 Å². The molecule has 0 aliphatic heterocycles. The number of nitro groups is 1. The van der Waals surface area contributed by atoms with Crippen molar-refractivity contribution in [2.75, 3.05) is 15.9 Å². The summed E-state index contributed by atoms with van der Waals surface area (Å²) >= 11 is 0. The van der Waals surface area contributed by atoms with Crippen LogP contribution < -0.4 is 9.62 Å². The first-order valence-electron chi connectivity index (χ1n) is 7.71. The molecule has 0 saturated carbocycles. The van der Waals surface area contributed by atoms with E-state index in [1.165, 1.54) is 31.2 Å². The number of amides is 1. The number of hydrogen-bond acceptors (Lipinski definition) is 5. The molecule has 0 unspecified atom stereocenters. The summed E-state index contributed by atoms with van der Waals surface area (Å²) in [4.78, 5) is 22.8. The number of non-ortho nitro benzene ring substituents is 1. The molecule has 0 saturated heterocycles. The predicted octanol–water partition coefficient (Wildman–Crippen LogP) is 2.70. The van der Waals surface area contributed by atoms with E-state index >= 15 is 0 Å². The molecule has 0 radical (unpaired) electrons. The molecule has 0 heterocycles. The molecule has 2 aromatic carbocycles. The molecular weight excluding hydrogens is 358 g/mol. The summed E-state index contributed by atoms with van der Waals surface area (Å²) in [6.07, 6.45) is 1.02. The third kappa shape index (κ3) is 4.57. The number of nitrogens with zero attached hydrogens (tertiary/aromatic N) is 2. The van der Waals surface area contributed by atoms with Gasteiger partial charge in [0.25, 0.3) is 5.69 Å². The van der Waals surface area contributed by atoms with E-state index < -0.39 is 26.9 Å². The van der Waals surface area contributed by atoms with Crippen LogP contribution in [-0.4, -0.2) is 31.5 Å². The third-order valence-electron chi connectivity index (χ3n) is 3.67. The fourth-order valence-corrected chi connectivity index (χ4v) is 3.68. The molecule has 0 fully saturated rings. The SMILES string of the molecule is Cc1cccc(N([C@@H](C)C(=O)Nc2cccc([N+](=O)[O-])c2)S(C)(=O)=O)c1.